The number of hydrogen-bond donors (Lipinski definition) is 1. The van der Waals surface area contributed by atoms with Gasteiger partial charge in [0.05, 0.1) is 6.10 Å². The number of unbranched alkanes of at least 4 members (excludes halogenated alkanes) is 11. The highest BCUT2D eigenvalue weighted by molar-refractivity contribution is 5.76. The van der Waals surface area contributed by atoms with Crippen molar-refractivity contribution in [3.63, 3.8) is 0 Å². The van der Waals surface area contributed by atoms with Crippen molar-refractivity contribution >= 4 is 5.91 Å². The van der Waals surface area contributed by atoms with E-state index in [2.05, 4.69) is 19.1 Å². The number of rotatable bonds is 18. The highest BCUT2D eigenvalue weighted by Gasteiger charge is 2.12. The molecule has 0 aliphatic carbocycles. The number of allylic oxidation sites excluding steroid dienone is 2. The van der Waals surface area contributed by atoms with E-state index in [1.165, 1.54) is 70.6 Å². The summed E-state index contributed by atoms with van der Waals surface area (Å²) in [6, 6.07) is 0. The van der Waals surface area contributed by atoms with Gasteiger partial charge in [0.1, 0.15) is 0 Å². The van der Waals surface area contributed by atoms with Crippen molar-refractivity contribution < 1.29 is 9.90 Å². The zero-order chi connectivity index (χ0) is 19.5. The van der Waals surface area contributed by atoms with Crippen molar-refractivity contribution in [3.8, 4) is 0 Å². The molecule has 26 heavy (non-hydrogen) atoms. The molecule has 0 bridgehead atoms. The minimum Gasteiger partial charge on any atom is -0.392 e. The highest BCUT2D eigenvalue weighted by atomic mass is 16.3. The third kappa shape index (κ3) is 16.6. The summed E-state index contributed by atoms with van der Waals surface area (Å²) in [4.78, 5) is 13.8. The van der Waals surface area contributed by atoms with E-state index in [4.69, 9.17) is 0 Å². The van der Waals surface area contributed by atoms with Gasteiger partial charge in [-0.25, -0.2) is 0 Å². The Morgan fingerprint density at radius 3 is 1.85 bits per heavy atom. The van der Waals surface area contributed by atoms with Crippen molar-refractivity contribution in [2.24, 2.45) is 0 Å². The summed E-state index contributed by atoms with van der Waals surface area (Å²) in [6.45, 7) is 7.12. The molecule has 0 aromatic rings. The quantitative estimate of drug-likeness (QED) is 0.230. The molecular weight excluding hydrogens is 322 g/mol. The number of hydrogen-bond acceptors (Lipinski definition) is 2. The number of carbonyl (C=O) groups is 1. The number of likely N-dealkylation sites (N-methyl/N-ethyl adjacent to an activating group) is 1. The molecule has 1 N–H and O–H groups in total. The second-order valence-corrected chi connectivity index (χ2v) is 7.62. The molecule has 0 fully saturated rings. The maximum atomic E-state index is 12.0. The Morgan fingerprint density at radius 2 is 1.35 bits per heavy atom. The van der Waals surface area contributed by atoms with Gasteiger partial charge in [-0.2, -0.15) is 0 Å². The Labute approximate surface area is 163 Å². The monoisotopic (exact) mass is 367 g/mol. The van der Waals surface area contributed by atoms with E-state index in [1.54, 1.807) is 11.8 Å². The van der Waals surface area contributed by atoms with E-state index in [9.17, 15) is 9.90 Å². The van der Waals surface area contributed by atoms with Crippen LogP contribution in [0.25, 0.3) is 0 Å². The maximum absolute atomic E-state index is 12.0. The minimum atomic E-state index is -0.437. The van der Waals surface area contributed by atoms with Crippen LogP contribution in [0.3, 0.4) is 0 Å². The van der Waals surface area contributed by atoms with E-state index in [0.717, 1.165) is 12.8 Å². The van der Waals surface area contributed by atoms with Crippen LogP contribution in [0.2, 0.25) is 0 Å². The Hall–Kier alpha value is -0.830. The van der Waals surface area contributed by atoms with Gasteiger partial charge >= 0.3 is 0 Å². The molecule has 0 rings (SSSR count). The molecule has 0 saturated heterocycles. The SMILES string of the molecule is CCCCCCCC/C=C\CCCCCCCC(=O)N(CC)CC(C)O. The van der Waals surface area contributed by atoms with Crippen LogP contribution in [0.1, 0.15) is 111 Å². The molecule has 0 aliphatic rings. The van der Waals surface area contributed by atoms with Crippen LogP contribution in [0, 0.1) is 0 Å². The van der Waals surface area contributed by atoms with Crippen LogP contribution in [0.15, 0.2) is 12.2 Å². The maximum Gasteiger partial charge on any atom is 0.222 e. The Bertz CT molecular complexity index is 339. The van der Waals surface area contributed by atoms with Gasteiger partial charge in [0.25, 0.3) is 0 Å². The molecule has 0 aliphatic heterocycles. The number of carbonyl (C=O) groups excluding carboxylic acids is 1. The van der Waals surface area contributed by atoms with Crippen molar-refractivity contribution in [3.05, 3.63) is 12.2 Å². The van der Waals surface area contributed by atoms with Gasteiger partial charge in [0.2, 0.25) is 5.91 Å². The average molecular weight is 368 g/mol. The van der Waals surface area contributed by atoms with Crippen LogP contribution in [-0.2, 0) is 4.79 Å². The first kappa shape index (κ1) is 25.2. The highest BCUT2D eigenvalue weighted by Crippen LogP contribution is 2.10. The summed E-state index contributed by atoms with van der Waals surface area (Å²) in [5.41, 5.74) is 0. The van der Waals surface area contributed by atoms with Crippen molar-refractivity contribution in [1.82, 2.24) is 4.90 Å². The average Bonchev–Trinajstić information content (AvgIpc) is 2.62. The summed E-state index contributed by atoms with van der Waals surface area (Å²) in [7, 11) is 0. The lowest BCUT2D eigenvalue weighted by molar-refractivity contribution is -0.132. The fourth-order valence-electron chi connectivity index (χ4n) is 3.23. The topological polar surface area (TPSA) is 40.5 Å². The summed E-state index contributed by atoms with van der Waals surface area (Å²) < 4.78 is 0. The molecule has 3 nitrogen and oxygen atoms in total. The first-order valence-corrected chi connectivity index (χ1v) is 11.2. The molecule has 0 spiro atoms. The van der Waals surface area contributed by atoms with Crippen LogP contribution >= 0.6 is 0 Å². The fourth-order valence-corrected chi connectivity index (χ4v) is 3.23. The smallest absolute Gasteiger partial charge is 0.222 e. The zero-order valence-electron chi connectivity index (χ0n) is 17.8. The van der Waals surface area contributed by atoms with E-state index < -0.39 is 6.10 Å². The van der Waals surface area contributed by atoms with Crippen molar-refractivity contribution in [1.29, 1.82) is 0 Å². The van der Waals surface area contributed by atoms with Crippen LogP contribution in [-0.4, -0.2) is 35.1 Å². The predicted molar refractivity (Wildman–Crippen MR) is 113 cm³/mol. The number of nitrogens with zero attached hydrogens (tertiary/aromatic N) is 1. The first-order chi connectivity index (χ1) is 12.6. The van der Waals surface area contributed by atoms with Gasteiger partial charge < -0.3 is 10.0 Å². The van der Waals surface area contributed by atoms with Crippen LogP contribution < -0.4 is 0 Å². The molecule has 3 heteroatoms. The largest absolute Gasteiger partial charge is 0.392 e. The zero-order valence-corrected chi connectivity index (χ0v) is 17.8. The minimum absolute atomic E-state index is 0.186. The first-order valence-electron chi connectivity index (χ1n) is 11.2. The molecule has 154 valence electrons. The Morgan fingerprint density at radius 1 is 0.846 bits per heavy atom. The number of aliphatic hydroxyl groups is 1. The van der Waals surface area contributed by atoms with Gasteiger partial charge in [-0.1, -0.05) is 70.4 Å². The number of aliphatic hydroxyl groups excluding tert-OH is 1. The predicted octanol–water partition coefficient (Wildman–Crippen LogP) is 6.25. The lowest BCUT2D eigenvalue weighted by Gasteiger charge is -2.22. The standard InChI is InChI=1S/C23H45NO2/c1-4-6-7-8-9-10-11-12-13-14-15-16-17-18-19-20-23(26)24(5-2)21-22(3)25/h12-13,22,25H,4-11,14-21H2,1-3H3/b13-12-. The summed E-state index contributed by atoms with van der Waals surface area (Å²) in [5, 5.41) is 9.41. The number of amides is 1. The summed E-state index contributed by atoms with van der Waals surface area (Å²) in [6.07, 6.45) is 21.5. The molecule has 1 atom stereocenters. The Balaban J connectivity index is 3.40. The normalized spacial score (nSPS) is 12.6. The molecule has 0 radical (unpaired) electrons. The van der Waals surface area contributed by atoms with E-state index >= 15 is 0 Å². The lowest BCUT2D eigenvalue weighted by atomic mass is 10.1. The lowest BCUT2D eigenvalue weighted by Crippen LogP contribution is -2.36. The molecule has 0 saturated carbocycles. The van der Waals surface area contributed by atoms with Gasteiger partial charge in [-0.3, -0.25) is 4.79 Å². The van der Waals surface area contributed by atoms with Gasteiger partial charge in [0.15, 0.2) is 0 Å². The van der Waals surface area contributed by atoms with Crippen LogP contribution in [0.4, 0.5) is 0 Å². The summed E-state index contributed by atoms with van der Waals surface area (Å²) >= 11 is 0. The van der Waals surface area contributed by atoms with E-state index in [0.29, 0.717) is 19.5 Å². The molecule has 0 aromatic heterocycles. The Kier molecular flexibility index (Phi) is 18.3. The van der Waals surface area contributed by atoms with Gasteiger partial charge in [-0.15, -0.1) is 0 Å². The van der Waals surface area contributed by atoms with Crippen molar-refractivity contribution in [2.75, 3.05) is 13.1 Å². The van der Waals surface area contributed by atoms with Gasteiger partial charge in [0, 0.05) is 19.5 Å². The second-order valence-electron chi connectivity index (χ2n) is 7.62. The molecule has 0 heterocycles. The van der Waals surface area contributed by atoms with E-state index in [-0.39, 0.29) is 5.91 Å². The van der Waals surface area contributed by atoms with Gasteiger partial charge in [-0.05, 0) is 46.0 Å². The third-order valence-corrected chi connectivity index (χ3v) is 4.87. The van der Waals surface area contributed by atoms with Crippen molar-refractivity contribution in [2.45, 2.75) is 117 Å². The van der Waals surface area contributed by atoms with Crippen LogP contribution in [0.5, 0.6) is 0 Å². The molecular formula is C23H45NO2. The third-order valence-electron chi connectivity index (χ3n) is 4.87. The summed E-state index contributed by atoms with van der Waals surface area (Å²) in [5.74, 6) is 0.186. The molecule has 1 amide bonds. The molecule has 0 aromatic carbocycles. The fraction of sp³-hybridized carbons (Fsp3) is 0.870. The van der Waals surface area contributed by atoms with E-state index in [1.807, 2.05) is 6.92 Å². The second kappa shape index (κ2) is 18.9. The molecule has 1 unspecified atom stereocenters.